The first-order valence-corrected chi connectivity index (χ1v) is 9.33. The lowest BCUT2D eigenvalue weighted by molar-refractivity contribution is -0.143. The summed E-state index contributed by atoms with van der Waals surface area (Å²) in [6.07, 6.45) is 5.01. The molecule has 1 aliphatic heterocycles. The average Bonchev–Trinajstić information content (AvgIpc) is 3.10. The highest BCUT2D eigenvalue weighted by molar-refractivity contribution is 5.97. The van der Waals surface area contributed by atoms with Gasteiger partial charge in [-0.1, -0.05) is 19.8 Å². The topological polar surface area (TPSA) is 86.7 Å². The molecule has 1 saturated carbocycles. The van der Waals surface area contributed by atoms with Crippen molar-refractivity contribution in [3.8, 4) is 0 Å². The molecule has 1 saturated heterocycles. The molecule has 3 rings (SSSR count). The fourth-order valence-electron chi connectivity index (χ4n) is 3.87. The molecule has 140 valence electrons. The Morgan fingerprint density at radius 1 is 1.08 bits per heavy atom. The molecule has 0 spiro atoms. The Morgan fingerprint density at radius 2 is 1.65 bits per heavy atom. The van der Waals surface area contributed by atoms with E-state index in [1.54, 1.807) is 29.2 Å². The first kappa shape index (κ1) is 18.4. The fourth-order valence-corrected chi connectivity index (χ4v) is 3.87. The van der Waals surface area contributed by atoms with E-state index in [2.05, 4.69) is 5.32 Å². The summed E-state index contributed by atoms with van der Waals surface area (Å²) in [5.74, 6) is -1.18. The Kier molecular flexibility index (Phi) is 5.30. The van der Waals surface area contributed by atoms with Gasteiger partial charge in [0.05, 0.1) is 5.92 Å². The molecule has 0 unspecified atom stereocenters. The second-order valence-corrected chi connectivity index (χ2v) is 7.70. The van der Waals surface area contributed by atoms with Gasteiger partial charge < -0.3 is 15.3 Å². The maximum atomic E-state index is 12.6. The van der Waals surface area contributed by atoms with Gasteiger partial charge in [0, 0.05) is 29.8 Å². The zero-order valence-corrected chi connectivity index (χ0v) is 15.2. The van der Waals surface area contributed by atoms with Gasteiger partial charge in [-0.25, -0.2) is 0 Å². The number of hydrogen-bond acceptors (Lipinski definition) is 3. The Bertz CT molecular complexity index is 684. The zero-order valence-electron chi connectivity index (χ0n) is 15.2. The van der Waals surface area contributed by atoms with Crippen LogP contribution in [0.1, 0.15) is 55.8 Å². The third-order valence-electron chi connectivity index (χ3n) is 5.78. The van der Waals surface area contributed by atoms with E-state index >= 15 is 0 Å². The number of carboxylic acid groups (broad SMARTS) is 1. The van der Waals surface area contributed by atoms with Crippen LogP contribution in [0.3, 0.4) is 0 Å². The number of nitrogens with zero attached hydrogens (tertiary/aromatic N) is 1. The van der Waals surface area contributed by atoms with Gasteiger partial charge in [-0.2, -0.15) is 0 Å². The number of rotatable bonds is 4. The number of carbonyl (C=O) groups is 3. The number of carboxylic acids is 1. The maximum absolute atomic E-state index is 12.6. The van der Waals surface area contributed by atoms with Crippen molar-refractivity contribution in [1.29, 1.82) is 0 Å². The SMILES string of the molecule is CC1(C(=O)Nc2ccc(C(=O)N3CCC(C(=O)O)CC3)cc2)CCCC1. The van der Waals surface area contributed by atoms with Crippen molar-refractivity contribution in [1.82, 2.24) is 4.90 Å². The van der Waals surface area contributed by atoms with Crippen LogP contribution in [0.2, 0.25) is 0 Å². The van der Waals surface area contributed by atoms with Gasteiger partial charge in [0.2, 0.25) is 5.91 Å². The standard InChI is InChI=1S/C20H26N2O4/c1-20(10-2-3-11-20)19(26)21-16-6-4-14(5-7-16)17(23)22-12-8-15(9-13-22)18(24)25/h4-7,15H,2-3,8-13H2,1H3,(H,21,26)(H,24,25). The summed E-state index contributed by atoms with van der Waals surface area (Å²) in [5, 5.41) is 12.0. The molecule has 0 radical (unpaired) electrons. The van der Waals surface area contributed by atoms with Crippen LogP contribution in [0.4, 0.5) is 5.69 Å². The van der Waals surface area contributed by atoms with E-state index in [0.29, 0.717) is 37.2 Å². The molecule has 2 amide bonds. The van der Waals surface area contributed by atoms with Crippen LogP contribution in [-0.4, -0.2) is 40.9 Å². The minimum absolute atomic E-state index is 0.0461. The fraction of sp³-hybridized carbons (Fsp3) is 0.550. The molecule has 1 heterocycles. The summed E-state index contributed by atoms with van der Waals surface area (Å²) in [6, 6.07) is 6.96. The van der Waals surface area contributed by atoms with Crippen LogP contribution in [0.15, 0.2) is 24.3 Å². The van der Waals surface area contributed by atoms with Crippen molar-refractivity contribution < 1.29 is 19.5 Å². The molecule has 1 aromatic rings. The molecule has 6 nitrogen and oxygen atoms in total. The first-order chi connectivity index (χ1) is 12.4. The number of benzene rings is 1. The van der Waals surface area contributed by atoms with E-state index in [4.69, 9.17) is 5.11 Å². The van der Waals surface area contributed by atoms with Gasteiger partial charge in [-0.3, -0.25) is 14.4 Å². The molecular weight excluding hydrogens is 332 g/mol. The van der Waals surface area contributed by atoms with Gasteiger partial charge in [0.15, 0.2) is 0 Å². The van der Waals surface area contributed by atoms with Crippen LogP contribution in [-0.2, 0) is 9.59 Å². The van der Waals surface area contributed by atoms with Crippen LogP contribution >= 0.6 is 0 Å². The van der Waals surface area contributed by atoms with E-state index in [0.717, 1.165) is 25.7 Å². The number of aliphatic carboxylic acids is 1. The summed E-state index contributed by atoms with van der Waals surface area (Å²) >= 11 is 0. The van der Waals surface area contributed by atoms with Gasteiger partial charge in [0.1, 0.15) is 0 Å². The van der Waals surface area contributed by atoms with E-state index < -0.39 is 5.97 Å². The summed E-state index contributed by atoms with van der Waals surface area (Å²) in [6.45, 7) is 2.94. The number of piperidine rings is 1. The molecule has 0 aromatic heterocycles. The van der Waals surface area contributed by atoms with E-state index in [-0.39, 0.29) is 23.1 Å². The smallest absolute Gasteiger partial charge is 0.306 e. The number of carbonyl (C=O) groups excluding carboxylic acids is 2. The van der Waals surface area contributed by atoms with Gasteiger partial charge in [0.25, 0.3) is 5.91 Å². The Hall–Kier alpha value is -2.37. The normalized spacial score (nSPS) is 20.0. The lowest BCUT2D eigenvalue weighted by Crippen LogP contribution is -2.40. The monoisotopic (exact) mass is 358 g/mol. The molecule has 1 aliphatic carbocycles. The average molecular weight is 358 g/mol. The molecular formula is C20H26N2O4. The number of anilines is 1. The van der Waals surface area contributed by atoms with Gasteiger partial charge >= 0.3 is 5.97 Å². The van der Waals surface area contributed by atoms with E-state index in [9.17, 15) is 14.4 Å². The van der Waals surface area contributed by atoms with Crippen LogP contribution in [0, 0.1) is 11.3 Å². The second-order valence-electron chi connectivity index (χ2n) is 7.70. The van der Waals surface area contributed by atoms with Gasteiger partial charge in [-0.15, -0.1) is 0 Å². The summed E-state index contributed by atoms with van der Waals surface area (Å²) in [4.78, 5) is 37.7. The first-order valence-electron chi connectivity index (χ1n) is 9.33. The minimum Gasteiger partial charge on any atom is -0.481 e. The van der Waals surface area contributed by atoms with Crippen LogP contribution < -0.4 is 5.32 Å². The number of hydrogen-bond donors (Lipinski definition) is 2. The Morgan fingerprint density at radius 3 is 2.19 bits per heavy atom. The molecule has 6 heteroatoms. The predicted molar refractivity (Wildman–Crippen MR) is 97.9 cm³/mol. The van der Waals surface area contributed by atoms with Crippen molar-refractivity contribution in [3.05, 3.63) is 29.8 Å². The van der Waals surface area contributed by atoms with Crippen molar-refractivity contribution in [2.24, 2.45) is 11.3 Å². The highest BCUT2D eigenvalue weighted by Gasteiger charge is 2.36. The third kappa shape index (κ3) is 3.89. The maximum Gasteiger partial charge on any atom is 0.306 e. The second kappa shape index (κ2) is 7.48. The molecule has 0 atom stereocenters. The molecule has 1 aromatic carbocycles. The highest BCUT2D eigenvalue weighted by Crippen LogP contribution is 2.38. The largest absolute Gasteiger partial charge is 0.481 e. The van der Waals surface area contributed by atoms with Crippen molar-refractivity contribution >= 4 is 23.5 Å². The highest BCUT2D eigenvalue weighted by atomic mass is 16.4. The number of nitrogens with one attached hydrogen (secondary N) is 1. The predicted octanol–water partition coefficient (Wildman–Crippen LogP) is 3.14. The van der Waals surface area contributed by atoms with Crippen molar-refractivity contribution in [2.75, 3.05) is 18.4 Å². The Balaban J connectivity index is 1.58. The van der Waals surface area contributed by atoms with E-state index in [1.165, 1.54) is 0 Å². The lowest BCUT2D eigenvalue weighted by atomic mass is 9.88. The number of likely N-dealkylation sites (tertiary alicyclic amines) is 1. The van der Waals surface area contributed by atoms with Crippen LogP contribution in [0.25, 0.3) is 0 Å². The molecule has 2 N–H and O–H groups in total. The Labute approximate surface area is 153 Å². The van der Waals surface area contributed by atoms with Crippen molar-refractivity contribution in [2.45, 2.75) is 45.4 Å². The lowest BCUT2D eigenvalue weighted by Gasteiger charge is -2.30. The minimum atomic E-state index is -0.784. The zero-order chi connectivity index (χ0) is 18.7. The quantitative estimate of drug-likeness (QED) is 0.866. The summed E-state index contributed by atoms with van der Waals surface area (Å²) < 4.78 is 0. The van der Waals surface area contributed by atoms with Crippen LogP contribution in [0.5, 0.6) is 0 Å². The molecule has 26 heavy (non-hydrogen) atoms. The molecule has 0 bridgehead atoms. The molecule has 2 fully saturated rings. The third-order valence-corrected chi connectivity index (χ3v) is 5.78. The summed E-state index contributed by atoms with van der Waals surface area (Å²) in [5.41, 5.74) is 0.969. The van der Waals surface area contributed by atoms with Crippen molar-refractivity contribution in [3.63, 3.8) is 0 Å². The number of amides is 2. The van der Waals surface area contributed by atoms with Gasteiger partial charge in [-0.05, 0) is 49.9 Å². The van der Waals surface area contributed by atoms with E-state index in [1.807, 2.05) is 6.92 Å². The summed E-state index contributed by atoms with van der Waals surface area (Å²) in [7, 11) is 0. The molecule has 2 aliphatic rings.